The maximum absolute atomic E-state index is 12.9. The minimum Gasteiger partial charge on any atom is -0.476 e. The van der Waals surface area contributed by atoms with E-state index in [0.29, 0.717) is 31.9 Å². The summed E-state index contributed by atoms with van der Waals surface area (Å²) < 4.78 is 16.3. The fraction of sp³-hybridized carbons (Fsp3) is 0.609. The van der Waals surface area contributed by atoms with Gasteiger partial charge in [-0.25, -0.2) is 14.4 Å². The molecule has 2 heterocycles. The Labute approximate surface area is 189 Å². The molecule has 0 radical (unpaired) electrons. The van der Waals surface area contributed by atoms with Crippen molar-refractivity contribution in [1.29, 1.82) is 0 Å². The lowest BCUT2D eigenvalue weighted by molar-refractivity contribution is -0.158. The third-order valence-corrected chi connectivity index (χ3v) is 5.29. The van der Waals surface area contributed by atoms with E-state index in [1.807, 2.05) is 20.8 Å². The average molecular weight is 448 g/mol. The Kier molecular flexibility index (Phi) is 6.57. The fourth-order valence-electron chi connectivity index (χ4n) is 3.75. The number of carbonyl (C=O) groups is 3. The molecule has 2 saturated heterocycles. The van der Waals surface area contributed by atoms with Gasteiger partial charge in [-0.2, -0.15) is 0 Å². The minimum atomic E-state index is -1.12. The molecule has 2 aliphatic heterocycles. The molecule has 0 aromatic heterocycles. The van der Waals surface area contributed by atoms with Crippen molar-refractivity contribution in [3.63, 3.8) is 0 Å². The summed E-state index contributed by atoms with van der Waals surface area (Å²) >= 11 is 0. The molecule has 3 amide bonds. The van der Waals surface area contributed by atoms with E-state index >= 15 is 0 Å². The first-order valence-corrected chi connectivity index (χ1v) is 10.9. The van der Waals surface area contributed by atoms with Crippen LogP contribution in [0.25, 0.3) is 0 Å². The van der Waals surface area contributed by atoms with Gasteiger partial charge in [-0.3, -0.25) is 4.90 Å². The van der Waals surface area contributed by atoms with Crippen molar-refractivity contribution in [2.75, 3.05) is 37.7 Å². The number of piperazine rings is 1. The highest BCUT2D eigenvalue weighted by atomic mass is 16.6. The van der Waals surface area contributed by atoms with Crippen LogP contribution in [0.1, 0.15) is 41.5 Å². The van der Waals surface area contributed by atoms with Crippen molar-refractivity contribution in [3.05, 3.63) is 24.3 Å². The predicted molar refractivity (Wildman–Crippen MR) is 119 cm³/mol. The highest BCUT2D eigenvalue weighted by molar-refractivity contribution is 5.95. The van der Waals surface area contributed by atoms with Crippen LogP contribution in [0.3, 0.4) is 0 Å². The number of esters is 1. The molecule has 1 unspecified atom stereocenters. The van der Waals surface area contributed by atoms with Crippen LogP contribution >= 0.6 is 0 Å². The average Bonchev–Trinajstić information content (AvgIpc) is 3.03. The van der Waals surface area contributed by atoms with Gasteiger partial charge in [0, 0.05) is 31.9 Å². The van der Waals surface area contributed by atoms with Gasteiger partial charge in [-0.15, -0.1) is 0 Å². The van der Waals surface area contributed by atoms with Crippen molar-refractivity contribution in [2.45, 2.75) is 58.8 Å². The molecule has 0 aliphatic carbocycles. The van der Waals surface area contributed by atoms with Crippen LogP contribution in [0.4, 0.5) is 15.3 Å². The lowest BCUT2D eigenvalue weighted by Gasteiger charge is -2.36. The molecule has 1 atom stereocenters. The summed E-state index contributed by atoms with van der Waals surface area (Å²) in [6.45, 7) is 12.7. The zero-order valence-corrected chi connectivity index (χ0v) is 19.7. The van der Waals surface area contributed by atoms with E-state index in [0.717, 1.165) is 5.69 Å². The van der Waals surface area contributed by atoms with Crippen LogP contribution < -0.4 is 9.64 Å². The van der Waals surface area contributed by atoms with Crippen molar-refractivity contribution in [3.8, 4) is 5.75 Å². The zero-order chi connectivity index (χ0) is 23.7. The number of benzene rings is 1. The first-order valence-electron chi connectivity index (χ1n) is 10.9. The second-order valence-electron chi connectivity index (χ2n) is 9.49. The summed E-state index contributed by atoms with van der Waals surface area (Å²) in [7, 11) is 0. The largest absolute Gasteiger partial charge is 0.476 e. The molecule has 2 fully saturated rings. The lowest BCUT2D eigenvalue weighted by Crippen LogP contribution is -2.54. The number of amides is 3. The number of carbonyl (C=O) groups excluding carboxylic acids is 3. The van der Waals surface area contributed by atoms with Gasteiger partial charge >= 0.3 is 18.1 Å². The Balaban J connectivity index is 1.64. The van der Waals surface area contributed by atoms with E-state index in [9.17, 15) is 14.4 Å². The SMILES string of the molecule is CCOC(=O)C(C)(C)Oc1ccc(N2CC3CN(C(=O)OC(C)(C)C)CCN3C2=O)cc1. The summed E-state index contributed by atoms with van der Waals surface area (Å²) in [6.07, 6.45) is -0.353. The molecule has 1 aromatic rings. The maximum atomic E-state index is 12.9. The summed E-state index contributed by atoms with van der Waals surface area (Å²) in [6, 6.07) is 6.86. The molecule has 0 N–H and O–H groups in total. The van der Waals surface area contributed by atoms with Crippen LogP contribution in [0.2, 0.25) is 0 Å². The van der Waals surface area contributed by atoms with Crippen LogP contribution in [-0.2, 0) is 14.3 Å². The Morgan fingerprint density at radius 2 is 1.69 bits per heavy atom. The number of rotatable bonds is 5. The number of ether oxygens (including phenoxy) is 3. The van der Waals surface area contributed by atoms with Crippen molar-refractivity contribution >= 4 is 23.8 Å². The van der Waals surface area contributed by atoms with Gasteiger partial charge in [0.15, 0.2) is 5.60 Å². The molecular weight excluding hydrogens is 414 g/mol. The summed E-state index contributed by atoms with van der Waals surface area (Å²) in [4.78, 5) is 42.6. The van der Waals surface area contributed by atoms with E-state index in [1.165, 1.54) is 0 Å². The van der Waals surface area contributed by atoms with Crippen LogP contribution in [-0.4, -0.2) is 77.9 Å². The van der Waals surface area contributed by atoms with Gasteiger partial charge in [-0.1, -0.05) is 0 Å². The number of fused-ring (bicyclic) bond motifs is 1. The summed E-state index contributed by atoms with van der Waals surface area (Å²) in [5.41, 5.74) is -0.945. The highest BCUT2D eigenvalue weighted by Crippen LogP contribution is 2.29. The monoisotopic (exact) mass is 447 g/mol. The van der Waals surface area contributed by atoms with E-state index in [4.69, 9.17) is 14.2 Å². The van der Waals surface area contributed by atoms with Crippen LogP contribution in [0.15, 0.2) is 24.3 Å². The van der Waals surface area contributed by atoms with E-state index in [-0.39, 0.29) is 24.8 Å². The molecule has 9 heteroatoms. The fourth-order valence-corrected chi connectivity index (χ4v) is 3.75. The third-order valence-electron chi connectivity index (χ3n) is 5.29. The van der Waals surface area contributed by atoms with Gasteiger partial charge < -0.3 is 24.0 Å². The number of hydrogen-bond donors (Lipinski definition) is 0. The van der Waals surface area contributed by atoms with Gasteiger partial charge in [0.2, 0.25) is 0 Å². The predicted octanol–water partition coefficient (Wildman–Crippen LogP) is 3.27. The molecule has 9 nitrogen and oxygen atoms in total. The first kappa shape index (κ1) is 23.7. The molecule has 0 spiro atoms. The molecule has 2 aliphatic rings. The second-order valence-corrected chi connectivity index (χ2v) is 9.49. The Morgan fingerprint density at radius 3 is 2.28 bits per heavy atom. The van der Waals surface area contributed by atoms with Gasteiger partial charge in [0.05, 0.1) is 12.6 Å². The standard InChI is InChI=1S/C23H33N3O6/c1-7-30-19(27)23(5,6)31-18-10-8-16(9-11-18)26-15-17-14-24(12-13-25(17)20(26)28)21(29)32-22(2,3)4/h8-11,17H,7,12-15H2,1-6H3. The van der Waals surface area contributed by atoms with Crippen molar-refractivity contribution in [1.82, 2.24) is 9.80 Å². The third kappa shape index (κ3) is 5.26. The van der Waals surface area contributed by atoms with Gasteiger partial charge in [-0.05, 0) is 65.8 Å². The Morgan fingerprint density at radius 1 is 1.03 bits per heavy atom. The second kappa shape index (κ2) is 8.88. The van der Waals surface area contributed by atoms with Crippen LogP contribution in [0.5, 0.6) is 5.75 Å². The van der Waals surface area contributed by atoms with Crippen molar-refractivity contribution < 1.29 is 28.6 Å². The molecule has 0 saturated carbocycles. The molecule has 176 valence electrons. The summed E-state index contributed by atoms with van der Waals surface area (Å²) in [5, 5.41) is 0. The van der Waals surface area contributed by atoms with E-state index in [2.05, 4.69) is 0 Å². The zero-order valence-electron chi connectivity index (χ0n) is 19.7. The number of hydrogen-bond acceptors (Lipinski definition) is 6. The normalized spacial score (nSPS) is 19.0. The molecule has 1 aromatic carbocycles. The van der Waals surface area contributed by atoms with Crippen LogP contribution in [0, 0.1) is 0 Å². The Hall–Kier alpha value is -2.97. The number of anilines is 1. The number of urea groups is 1. The highest BCUT2D eigenvalue weighted by Gasteiger charge is 2.43. The van der Waals surface area contributed by atoms with E-state index in [1.54, 1.807) is 59.7 Å². The topological polar surface area (TPSA) is 88.6 Å². The first-order chi connectivity index (χ1) is 14.9. The smallest absolute Gasteiger partial charge is 0.410 e. The van der Waals surface area contributed by atoms with Gasteiger partial charge in [0.25, 0.3) is 0 Å². The number of nitrogens with zero attached hydrogens (tertiary/aromatic N) is 3. The Bertz CT molecular complexity index is 861. The van der Waals surface area contributed by atoms with Gasteiger partial charge in [0.1, 0.15) is 11.4 Å². The molecule has 32 heavy (non-hydrogen) atoms. The molecule has 0 bridgehead atoms. The molecular formula is C23H33N3O6. The summed E-state index contributed by atoms with van der Waals surface area (Å²) in [5.74, 6) is 0.0671. The van der Waals surface area contributed by atoms with E-state index < -0.39 is 17.2 Å². The molecule has 3 rings (SSSR count). The maximum Gasteiger partial charge on any atom is 0.410 e. The quantitative estimate of drug-likeness (QED) is 0.644. The lowest BCUT2D eigenvalue weighted by atomic mass is 10.1. The minimum absolute atomic E-state index is 0.0839. The van der Waals surface area contributed by atoms with Crippen molar-refractivity contribution in [2.24, 2.45) is 0 Å².